The summed E-state index contributed by atoms with van der Waals surface area (Å²) in [4.78, 5) is 14.3. The molecule has 2 fully saturated rings. The van der Waals surface area contributed by atoms with Gasteiger partial charge in [0.05, 0.1) is 6.10 Å². The quantitative estimate of drug-likeness (QED) is 0.826. The van der Waals surface area contributed by atoms with E-state index in [2.05, 4.69) is 29.4 Å². The fourth-order valence-electron chi connectivity index (χ4n) is 2.97. The van der Waals surface area contributed by atoms with Crippen molar-refractivity contribution in [2.24, 2.45) is 0 Å². The van der Waals surface area contributed by atoms with Crippen LogP contribution >= 0.6 is 0 Å². The lowest BCUT2D eigenvalue weighted by Gasteiger charge is -2.34. The van der Waals surface area contributed by atoms with Gasteiger partial charge in [-0.25, -0.2) is 4.79 Å². The summed E-state index contributed by atoms with van der Waals surface area (Å²) in [5.74, 6) is 0. The molecule has 2 amide bonds. The molecule has 2 saturated heterocycles. The number of ether oxygens (including phenoxy) is 1. The van der Waals surface area contributed by atoms with Gasteiger partial charge >= 0.3 is 6.03 Å². The number of amides is 2. The minimum atomic E-state index is -0.0397. The molecule has 0 aromatic rings. The van der Waals surface area contributed by atoms with Crippen LogP contribution in [-0.4, -0.2) is 55.4 Å². The van der Waals surface area contributed by atoms with Crippen LogP contribution in [0.3, 0.4) is 0 Å². The van der Waals surface area contributed by atoms with Crippen LogP contribution in [0.4, 0.5) is 4.79 Å². The van der Waals surface area contributed by atoms with E-state index in [0.29, 0.717) is 18.6 Å². The smallest absolute Gasteiger partial charge is 0.315 e. The monoisotopic (exact) mass is 283 g/mol. The van der Waals surface area contributed by atoms with Gasteiger partial charge in [0.2, 0.25) is 0 Å². The zero-order valence-corrected chi connectivity index (χ0v) is 12.9. The van der Waals surface area contributed by atoms with Crippen LogP contribution in [0.15, 0.2) is 0 Å². The Morgan fingerprint density at radius 2 is 2.00 bits per heavy atom. The van der Waals surface area contributed by atoms with Gasteiger partial charge in [0.15, 0.2) is 0 Å². The predicted molar refractivity (Wildman–Crippen MR) is 79.9 cm³/mol. The molecule has 2 N–H and O–H groups in total. The first-order valence-electron chi connectivity index (χ1n) is 8.05. The second-order valence-corrected chi connectivity index (χ2v) is 6.25. The topological polar surface area (TPSA) is 53.6 Å². The fourth-order valence-corrected chi connectivity index (χ4v) is 2.97. The Labute approximate surface area is 122 Å². The van der Waals surface area contributed by atoms with Gasteiger partial charge in [0.25, 0.3) is 0 Å². The normalized spacial score (nSPS) is 25.6. The third-order valence-corrected chi connectivity index (χ3v) is 4.36. The maximum absolute atomic E-state index is 11.9. The van der Waals surface area contributed by atoms with Crippen molar-refractivity contribution in [1.29, 1.82) is 0 Å². The summed E-state index contributed by atoms with van der Waals surface area (Å²) < 4.78 is 5.61. The molecular formula is C15H29N3O2. The van der Waals surface area contributed by atoms with Crippen LogP contribution in [0.25, 0.3) is 0 Å². The highest BCUT2D eigenvalue weighted by atomic mass is 16.5. The number of urea groups is 1. The van der Waals surface area contributed by atoms with Gasteiger partial charge in [-0.1, -0.05) is 0 Å². The summed E-state index contributed by atoms with van der Waals surface area (Å²) >= 11 is 0. The minimum Gasteiger partial charge on any atom is -0.376 e. The fraction of sp³-hybridized carbons (Fsp3) is 0.933. The van der Waals surface area contributed by atoms with Gasteiger partial charge < -0.3 is 20.3 Å². The average Bonchev–Trinajstić information content (AvgIpc) is 2.47. The Bertz CT molecular complexity index is 295. The molecular weight excluding hydrogens is 254 g/mol. The maximum Gasteiger partial charge on any atom is 0.315 e. The first-order chi connectivity index (χ1) is 9.65. The molecule has 20 heavy (non-hydrogen) atoms. The van der Waals surface area contributed by atoms with Gasteiger partial charge in [-0.15, -0.1) is 0 Å². The van der Waals surface area contributed by atoms with Crippen molar-refractivity contribution in [2.75, 3.05) is 26.2 Å². The Hall–Kier alpha value is -0.810. The largest absolute Gasteiger partial charge is 0.376 e. The lowest BCUT2D eigenvalue weighted by atomic mass is 10.0. The van der Waals surface area contributed by atoms with Crippen LogP contribution in [-0.2, 0) is 4.74 Å². The van der Waals surface area contributed by atoms with Crippen molar-refractivity contribution in [2.45, 2.75) is 64.1 Å². The van der Waals surface area contributed by atoms with Gasteiger partial charge in [0.1, 0.15) is 0 Å². The molecule has 0 spiro atoms. The molecule has 5 nitrogen and oxygen atoms in total. The zero-order chi connectivity index (χ0) is 14.4. The van der Waals surface area contributed by atoms with Crippen LogP contribution < -0.4 is 10.6 Å². The molecule has 0 radical (unpaired) electrons. The molecule has 1 unspecified atom stereocenters. The molecule has 0 saturated carbocycles. The molecule has 2 aliphatic heterocycles. The molecule has 2 aliphatic rings. The summed E-state index contributed by atoms with van der Waals surface area (Å²) in [7, 11) is 0. The number of rotatable bonds is 4. The first kappa shape index (κ1) is 15.6. The van der Waals surface area contributed by atoms with E-state index in [1.807, 2.05) is 0 Å². The lowest BCUT2D eigenvalue weighted by Crippen LogP contribution is -2.50. The lowest BCUT2D eigenvalue weighted by molar-refractivity contribution is 0.0183. The third-order valence-electron chi connectivity index (χ3n) is 4.36. The molecule has 116 valence electrons. The highest BCUT2D eigenvalue weighted by Crippen LogP contribution is 2.13. The predicted octanol–water partition coefficient (Wildman–Crippen LogP) is 1.73. The highest BCUT2D eigenvalue weighted by Gasteiger charge is 2.22. The number of likely N-dealkylation sites (tertiary alicyclic amines) is 1. The van der Waals surface area contributed by atoms with E-state index in [0.717, 1.165) is 45.4 Å². The number of piperidine rings is 1. The van der Waals surface area contributed by atoms with Crippen molar-refractivity contribution in [3.63, 3.8) is 0 Å². The molecule has 0 aliphatic carbocycles. The van der Waals surface area contributed by atoms with Crippen molar-refractivity contribution in [3.05, 3.63) is 0 Å². The Kier molecular flexibility index (Phi) is 6.10. The standard InChI is InChI=1S/C15H29N3O2/c1-12(2)18-8-6-13(7-9-18)17-15(19)16-11-14-5-3-4-10-20-14/h12-14H,3-11H2,1-2H3,(H2,16,17,19). The summed E-state index contributed by atoms with van der Waals surface area (Å²) in [6, 6.07) is 0.882. The highest BCUT2D eigenvalue weighted by molar-refractivity contribution is 5.74. The van der Waals surface area contributed by atoms with Gasteiger partial charge in [0, 0.05) is 38.3 Å². The van der Waals surface area contributed by atoms with Crippen LogP contribution in [0.5, 0.6) is 0 Å². The van der Waals surface area contributed by atoms with Crippen LogP contribution in [0.1, 0.15) is 46.0 Å². The molecule has 2 heterocycles. The Morgan fingerprint density at radius 1 is 1.25 bits per heavy atom. The van der Waals surface area contributed by atoms with Gasteiger partial charge in [-0.05, 0) is 46.0 Å². The molecule has 0 aromatic heterocycles. The summed E-state index contributed by atoms with van der Waals surface area (Å²) in [6.07, 6.45) is 5.72. The third kappa shape index (κ3) is 4.94. The first-order valence-corrected chi connectivity index (χ1v) is 8.05. The number of hydrogen-bond acceptors (Lipinski definition) is 3. The van der Waals surface area contributed by atoms with E-state index in [4.69, 9.17) is 4.74 Å². The van der Waals surface area contributed by atoms with Gasteiger partial charge in [-0.3, -0.25) is 0 Å². The van der Waals surface area contributed by atoms with Crippen LogP contribution in [0.2, 0.25) is 0 Å². The van der Waals surface area contributed by atoms with E-state index in [1.165, 1.54) is 6.42 Å². The van der Waals surface area contributed by atoms with E-state index >= 15 is 0 Å². The summed E-state index contributed by atoms with van der Waals surface area (Å²) in [6.45, 7) is 8.08. The van der Waals surface area contributed by atoms with Crippen molar-refractivity contribution in [3.8, 4) is 0 Å². The number of hydrogen-bond donors (Lipinski definition) is 2. The molecule has 0 bridgehead atoms. The number of nitrogens with zero attached hydrogens (tertiary/aromatic N) is 1. The van der Waals surface area contributed by atoms with E-state index in [-0.39, 0.29) is 12.1 Å². The number of nitrogens with one attached hydrogen (secondary N) is 2. The second kappa shape index (κ2) is 7.84. The summed E-state index contributed by atoms with van der Waals surface area (Å²) in [5, 5.41) is 6.03. The van der Waals surface area contributed by atoms with Crippen LogP contribution in [0, 0.1) is 0 Å². The number of carbonyl (C=O) groups is 1. The van der Waals surface area contributed by atoms with E-state index in [1.54, 1.807) is 0 Å². The zero-order valence-electron chi connectivity index (χ0n) is 12.9. The number of carbonyl (C=O) groups excluding carboxylic acids is 1. The average molecular weight is 283 g/mol. The maximum atomic E-state index is 11.9. The Morgan fingerprint density at radius 3 is 2.60 bits per heavy atom. The van der Waals surface area contributed by atoms with Crippen molar-refractivity contribution < 1.29 is 9.53 Å². The minimum absolute atomic E-state index is 0.0397. The summed E-state index contributed by atoms with van der Waals surface area (Å²) in [5.41, 5.74) is 0. The van der Waals surface area contributed by atoms with E-state index < -0.39 is 0 Å². The molecule has 2 rings (SSSR count). The molecule has 0 aromatic carbocycles. The van der Waals surface area contributed by atoms with Crippen molar-refractivity contribution >= 4 is 6.03 Å². The van der Waals surface area contributed by atoms with Crippen molar-refractivity contribution in [1.82, 2.24) is 15.5 Å². The van der Waals surface area contributed by atoms with E-state index in [9.17, 15) is 4.79 Å². The second-order valence-electron chi connectivity index (χ2n) is 6.25. The SMILES string of the molecule is CC(C)N1CCC(NC(=O)NCC2CCCCO2)CC1. The Balaban J connectivity index is 1.60. The molecule has 1 atom stereocenters. The van der Waals surface area contributed by atoms with Gasteiger partial charge in [-0.2, -0.15) is 0 Å². The molecule has 5 heteroatoms.